The summed E-state index contributed by atoms with van der Waals surface area (Å²) in [6.45, 7) is 4.84. The van der Waals surface area contributed by atoms with Crippen molar-refractivity contribution in [1.29, 1.82) is 0 Å². The van der Waals surface area contributed by atoms with Crippen LogP contribution in [0.3, 0.4) is 0 Å². The Kier molecular flexibility index (Phi) is 4.64. The second kappa shape index (κ2) is 6.84. The van der Waals surface area contributed by atoms with Gasteiger partial charge in [0.1, 0.15) is 0 Å². The molecule has 2 N–H and O–H groups in total. The van der Waals surface area contributed by atoms with Crippen LogP contribution in [0.1, 0.15) is 24.0 Å². The van der Waals surface area contributed by atoms with Crippen molar-refractivity contribution in [2.75, 3.05) is 23.7 Å². The van der Waals surface area contributed by atoms with Gasteiger partial charge in [-0.1, -0.05) is 42.0 Å². The molecule has 3 heteroatoms. The van der Waals surface area contributed by atoms with Crippen molar-refractivity contribution in [3.63, 3.8) is 0 Å². The predicted molar refractivity (Wildman–Crippen MR) is 92.1 cm³/mol. The molecule has 1 fully saturated rings. The number of rotatable bonds is 4. The van der Waals surface area contributed by atoms with Crippen LogP contribution in [0.5, 0.6) is 0 Å². The SMILES string of the molecule is Cc1cccc(COC2CCN(c3ccccc3N)CC2)c1. The second-order valence-corrected chi connectivity index (χ2v) is 6.05. The Morgan fingerprint density at radius 1 is 1.09 bits per heavy atom. The van der Waals surface area contributed by atoms with Gasteiger partial charge in [-0.3, -0.25) is 0 Å². The molecule has 0 bridgehead atoms. The molecule has 0 unspecified atom stereocenters. The third-order valence-corrected chi connectivity index (χ3v) is 4.29. The lowest BCUT2D eigenvalue weighted by Crippen LogP contribution is -2.37. The zero-order valence-corrected chi connectivity index (χ0v) is 13.2. The van der Waals surface area contributed by atoms with Crippen molar-refractivity contribution >= 4 is 11.4 Å². The highest BCUT2D eigenvalue weighted by Crippen LogP contribution is 2.26. The smallest absolute Gasteiger partial charge is 0.0720 e. The number of ether oxygens (including phenoxy) is 1. The van der Waals surface area contributed by atoms with Crippen molar-refractivity contribution in [3.8, 4) is 0 Å². The number of anilines is 2. The van der Waals surface area contributed by atoms with E-state index in [-0.39, 0.29) is 0 Å². The number of nitrogen functional groups attached to an aromatic ring is 1. The molecule has 1 aliphatic heterocycles. The van der Waals surface area contributed by atoms with E-state index in [1.54, 1.807) is 0 Å². The molecule has 2 aromatic carbocycles. The van der Waals surface area contributed by atoms with Crippen molar-refractivity contribution in [2.24, 2.45) is 0 Å². The molecule has 0 aliphatic carbocycles. The number of aryl methyl sites for hydroxylation is 1. The molecule has 22 heavy (non-hydrogen) atoms. The minimum atomic E-state index is 0.349. The number of piperidine rings is 1. The van der Waals surface area contributed by atoms with Crippen molar-refractivity contribution < 1.29 is 4.74 Å². The summed E-state index contributed by atoms with van der Waals surface area (Å²) >= 11 is 0. The van der Waals surface area contributed by atoms with E-state index in [0.717, 1.165) is 37.3 Å². The molecule has 2 aromatic rings. The molecule has 0 atom stereocenters. The number of nitrogens with two attached hydrogens (primary N) is 1. The second-order valence-electron chi connectivity index (χ2n) is 6.05. The summed E-state index contributed by atoms with van der Waals surface area (Å²) in [6, 6.07) is 16.6. The van der Waals surface area contributed by atoms with Gasteiger partial charge in [0, 0.05) is 13.1 Å². The Morgan fingerprint density at radius 2 is 1.86 bits per heavy atom. The van der Waals surface area contributed by atoms with Gasteiger partial charge in [-0.25, -0.2) is 0 Å². The van der Waals surface area contributed by atoms with E-state index in [2.05, 4.69) is 42.2 Å². The molecular formula is C19H24N2O. The fraction of sp³-hybridized carbons (Fsp3) is 0.368. The number of hydrogen-bond donors (Lipinski definition) is 1. The molecule has 0 saturated carbocycles. The highest BCUT2D eigenvalue weighted by atomic mass is 16.5. The first-order valence-electron chi connectivity index (χ1n) is 7.99. The average Bonchev–Trinajstić information content (AvgIpc) is 2.54. The molecule has 0 radical (unpaired) electrons. The monoisotopic (exact) mass is 296 g/mol. The van der Waals surface area contributed by atoms with Gasteiger partial charge in [-0.15, -0.1) is 0 Å². The van der Waals surface area contributed by atoms with Crippen molar-refractivity contribution in [3.05, 3.63) is 59.7 Å². The maximum Gasteiger partial charge on any atom is 0.0720 e. The zero-order valence-electron chi connectivity index (χ0n) is 13.2. The third kappa shape index (κ3) is 3.60. The summed E-state index contributed by atoms with van der Waals surface area (Å²) in [6.07, 6.45) is 2.46. The van der Waals surface area contributed by atoms with Gasteiger partial charge < -0.3 is 15.4 Å². The molecule has 1 saturated heterocycles. The largest absolute Gasteiger partial charge is 0.397 e. The summed E-state index contributed by atoms with van der Waals surface area (Å²) in [5.74, 6) is 0. The quantitative estimate of drug-likeness (QED) is 0.873. The topological polar surface area (TPSA) is 38.5 Å². The van der Waals surface area contributed by atoms with Crippen LogP contribution in [0.4, 0.5) is 11.4 Å². The van der Waals surface area contributed by atoms with Gasteiger partial charge in [0.15, 0.2) is 0 Å². The fourth-order valence-electron chi connectivity index (χ4n) is 3.05. The van der Waals surface area contributed by atoms with Gasteiger partial charge >= 0.3 is 0 Å². The molecule has 1 heterocycles. The predicted octanol–water partition coefficient (Wildman–Crippen LogP) is 3.76. The maximum absolute atomic E-state index is 6.08. The molecule has 1 aliphatic rings. The van der Waals surface area contributed by atoms with Gasteiger partial charge in [0.25, 0.3) is 0 Å². The first kappa shape index (κ1) is 14.9. The molecular weight excluding hydrogens is 272 g/mol. The Balaban J connectivity index is 1.51. The standard InChI is InChI=1S/C19H24N2O/c1-15-5-4-6-16(13-15)14-22-17-9-11-21(12-10-17)19-8-3-2-7-18(19)20/h2-8,13,17H,9-12,14,20H2,1H3. The first-order chi connectivity index (χ1) is 10.7. The highest BCUT2D eigenvalue weighted by molar-refractivity contribution is 5.67. The van der Waals surface area contributed by atoms with Crippen LogP contribution in [0.15, 0.2) is 48.5 Å². The van der Waals surface area contributed by atoms with Crippen LogP contribution in [-0.4, -0.2) is 19.2 Å². The summed E-state index contributed by atoms with van der Waals surface area (Å²) < 4.78 is 6.08. The molecule has 0 amide bonds. The van der Waals surface area contributed by atoms with Crippen LogP contribution >= 0.6 is 0 Å². The lowest BCUT2D eigenvalue weighted by Gasteiger charge is -2.34. The number of hydrogen-bond acceptors (Lipinski definition) is 3. The third-order valence-electron chi connectivity index (χ3n) is 4.29. The van der Waals surface area contributed by atoms with Crippen LogP contribution < -0.4 is 10.6 Å². The van der Waals surface area contributed by atoms with Gasteiger partial charge in [0.05, 0.1) is 24.1 Å². The molecule has 0 aromatic heterocycles. The maximum atomic E-state index is 6.08. The van der Waals surface area contributed by atoms with E-state index in [4.69, 9.17) is 10.5 Å². The Labute approximate surface area is 132 Å². The van der Waals surface area contributed by atoms with Gasteiger partial charge in [-0.2, -0.15) is 0 Å². The van der Waals surface area contributed by atoms with Crippen LogP contribution in [0.25, 0.3) is 0 Å². The lowest BCUT2D eigenvalue weighted by molar-refractivity contribution is 0.0251. The average molecular weight is 296 g/mol. The van der Waals surface area contributed by atoms with E-state index < -0.39 is 0 Å². The normalized spacial score (nSPS) is 16.0. The minimum absolute atomic E-state index is 0.349. The number of nitrogens with zero attached hydrogens (tertiary/aromatic N) is 1. The Morgan fingerprint density at radius 3 is 2.59 bits per heavy atom. The van der Waals surface area contributed by atoms with Crippen LogP contribution in [0.2, 0.25) is 0 Å². The van der Waals surface area contributed by atoms with Crippen LogP contribution in [0, 0.1) is 6.92 Å². The van der Waals surface area contributed by atoms with E-state index in [9.17, 15) is 0 Å². The molecule has 116 valence electrons. The molecule has 0 spiro atoms. The minimum Gasteiger partial charge on any atom is -0.397 e. The fourth-order valence-corrected chi connectivity index (χ4v) is 3.05. The highest BCUT2D eigenvalue weighted by Gasteiger charge is 2.20. The number of para-hydroxylation sites is 2. The van der Waals surface area contributed by atoms with E-state index >= 15 is 0 Å². The molecule has 3 nitrogen and oxygen atoms in total. The summed E-state index contributed by atoms with van der Waals surface area (Å²) in [7, 11) is 0. The summed E-state index contributed by atoms with van der Waals surface area (Å²) in [5, 5.41) is 0. The van der Waals surface area contributed by atoms with Crippen molar-refractivity contribution in [1.82, 2.24) is 0 Å². The van der Waals surface area contributed by atoms with E-state index in [1.807, 2.05) is 18.2 Å². The zero-order chi connectivity index (χ0) is 15.4. The van der Waals surface area contributed by atoms with Gasteiger partial charge in [-0.05, 0) is 37.5 Å². The molecule has 3 rings (SSSR count). The lowest BCUT2D eigenvalue weighted by atomic mass is 10.1. The van der Waals surface area contributed by atoms with Crippen molar-refractivity contribution in [2.45, 2.75) is 32.5 Å². The number of benzene rings is 2. The van der Waals surface area contributed by atoms with Gasteiger partial charge in [0.2, 0.25) is 0 Å². The van der Waals surface area contributed by atoms with E-state index in [1.165, 1.54) is 11.1 Å². The Hall–Kier alpha value is -2.00. The van der Waals surface area contributed by atoms with E-state index in [0.29, 0.717) is 12.7 Å². The summed E-state index contributed by atoms with van der Waals surface area (Å²) in [5.41, 5.74) is 10.6. The summed E-state index contributed by atoms with van der Waals surface area (Å²) in [4.78, 5) is 2.36. The van der Waals surface area contributed by atoms with Crippen LogP contribution in [-0.2, 0) is 11.3 Å². The Bertz CT molecular complexity index is 618. The first-order valence-corrected chi connectivity index (χ1v) is 7.99.